The molecule has 2 heterocycles. The zero-order valence-corrected chi connectivity index (χ0v) is 13.2. The summed E-state index contributed by atoms with van der Waals surface area (Å²) in [6, 6.07) is 0. The molecule has 0 N–H and O–H groups in total. The second-order valence-corrected chi connectivity index (χ2v) is 5.08. The topological polar surface area (TPSA) is 91.1 Å². The van der Waals surface area contributed by atoms with Crippen LogP contribution >= 0.6 is 11.6 Å². The monoisotopic (exact) mass is 324 g/mol. The molecular formula is C13H17ClN6O2. The Morgan fingerprint density at radius 2 is 2.23 bits per heavy atom. The Morgan fingerprint density at radius 1 is 1.45 bits per heavy atom. The number of alkyl halides is 1. The molecule has 2 aromatic heterocycles. The van der Waals surface area contributed by atoms with E-state index in [9.17, 15) is 10.1 Å². The fourth-order valence-corrected chi connectivity index (χ4v) is 2.29. The number of imidazole rings is 2. The Balaban J connectivity index is 2.28. The lowest BCUT2D eigenvalue weighted by molar-refractivity contribution is -0.396. The first-order valence-corrected chi connectivity index (χ1v) is 7.42. The second kappa shape index (κ2) is 7.17. The maximum atomic E-state index is 10.8. The number of nitrogens with zero attached hydrogens (tertiary/aromatic N) is 6. The smallest absolute Gasteiger partial charge is 0.390 e. The summed E-state index contributed by atoms with van der Waals surface area (Å²) >= 11 is 5.79. The summed E-state index contributed by atoms with van der Waals surface area (Å²) < 4.78 is 3.37. The summed E-state index contributed by atoms with van der Waals surface area (Å²) in [7, 11) is 1.57. The summed E-state index contributed by atoms with van der Waals surface area (Å²) in [5.41, 5.74) is 1.57. The summed E-state index contributed by atoms with van der Waals surface area (Å²) in [5.74, 6) is 0.860. The molecule has 0 bridgehead atoms. The maximum Gasteiger partial charge on any atom is 0.434 e. The molecule has 0 fully saturated rings. The Hall–Kier alpha value is -2.22. The van der Waals surface area contributed by atoms with Gasteiger partial charge in [0.1, 0.15) is 6.20 Å². The van der Waals surface area contributed by atoms with E-state index in [-0.39, 0.29) is 5.95 Å². The number of hydrogen-bond acceptors (Lipinski definition) is 5. The van der Waals surface area contributed by atoms with Crippen molar-refractivity contribution >= 4 is 29.7 Å². The SMILES string of the molecule is CCCn1c(CCCl)cnc1N=Cc1cnc([N+](=O)[O-])n1C. The van der Waals surface area contributed by atoms with Gasteiger partial charge in [-0.2, -0.15) is 0 Å². The Kier molecular flexibility index (Phi) is 5.26. The van der Waals surface area contributed by atoms with Gasteiger partial charge in [0.25, 0.3) is 0 Å². The zero-order valence-electron chi connectivity index (χ0n) is 12.4. The van der Waals surface area contributed by atoms with E-state index in [0.717, 1.165) is 25.1 Å². The summed E-state index contributed by atoms with van der Waals surface area (Å²) in [4.78, 5) is 22.6. The summed E-state index contributed by atoms with van der Waals surface area (Å²) in [6.45, 7) is 2.87. The molecule has 0 aliphatic heterocycles. The predicted molar refractivity (Wildman–Crippen MR) is 84.1 cm³/mol. The number of halogens is 1. The van der Waals surface area contributed by atoms with Crippen LogP contribution in [0.4, 0.5) is 11.9 Å². The Labute approximate surface area is 132 Å². The standard InChI is InChI=1S/C13H17ClN6O2/c1-3-6-19-10(4-5-14)7-15-12(19)16-8-11-9-17-13(18(11)2)20(21)22/h7-9H,3-6H2,1-2H3. The first-order valence-electron chi connectivity index (χ1n) is 6.89. The number of aliphatic imine (C=N–C) groups is 1. The van der Waals surface area contributed by atoms with Gasteiger partial charge in [0.05, 0.1) is 19.5 Å². The van der Waals surface area contributed by atoms with E-state index in [4.69, 9.17) is 11.6 Å². The minimum atomic E-state index is -0.534. The molecule has 8 nitrogen and oxygen atoms in total. The molecule has 2 rings (SSSR count). The van der Waals surface area contributed by atoms with Crippen LogP contribution in [0.25, 0.3) is 0 Å². The van der Waals surface area contributed by atoms with Crippen LogP contribution in [0.5, 0.6) is 0 Å². The average molecular weight is 325 g/mol. The number of aryl methyl sites for hydroxylation is 1. The molecule has 0 aliphatic carbocycles. The minimum Gasteiger partial charge on any atom is -0.390 e. The minimum absolute atomic E-state index is 0.221. The third-order valence-corrected chi connectivity index (χ3v) is 3.38. The van der Waals surface area contributed by atoms with Crippen LogP contribution in [-0.2, 0) is 20.0 Å². The second-order valence-electron chi connectivity index (χ2n) is 4.70. The van der Waals surface area contributed by atoms with Gasteiger partial charge in [-0.1, -0.05) is 11.9 Å². The van der Waals surface area contributed by atoms with Crippen LogP contribution in [-0.4, -0.2) is 36.1 Å². The number of rotatable bonds is 7. The van der Waals surface area contributed by atoms with Gasteiger partial charge in [0.2, 0.25) is 5.95 Å². The molecule has 2 aromatic rings. The lowest BCUT2D eigenvalue weighted by Gasteiger charge is -2.06. The third kappa shape index (κ3) is 3.33. The highest BCUT2D eigenvalue weighted by atomic mass is 35.5. The highest BCUT2D eigenvalue weighted by Crippen LogP contribution is 2.16. The first kappa shape index (κ1) is 16.2. The Morgan fingerprint density at radius 3 is 2.82 bits per heavy atom. The molecular weight excluding hydrogens is 308 g/mol. The largest absolute Gasteiger partial charge is 0.434 e. The fourth-order valence-electron chi connectivity index (χ4n) is 2.09. The zero-order chi connectivity index (χ0) is 16.1. The average Bonchev–Trinajstić information content (AvgIpc) is 3.03. The van der Waals surface area contributed by atoms with Crippen molar-refractivity contribution in [2.45, 2.75) is 26.3 Å². The molecule has 0 atom stereocenters. The highest BCUT2D eigenvalue weighted by Gasteiger charge is 2.16. The number of nitro groups is 1. The lowest BCUT2D eigenvalue weighted by atomic mass is 10.3. The molecule has 0 saturated carbocycles. The van der Waals surface area contributed by atoms with Crippen molar-refractivity contribution in [3.05, 3.63) is 33.9 Å². The van der Waals surface area contributed by atoms with Gasteiger partial charge in [-0.25, -0.2) is 14.5 Å². The van der Waals surface area contributed by atoms with Gasteiger partial charge in [0.15, 0.2) is 5.69 Å². The van der Waals surface area contributed by atoms with Crippen LogP contribution < -0.4 is 0 Å². The third-order valence-electron chi connectivity index (χ3n) is 3.19. The van der Waals surface area contributed by atoms with Crippen molar-refractivity contribution in [3.8, 4) is 0 Å². The van der Waals surface area contributed by atoms with Gasteiger partial charge < -0.3 is 14.7 Å². The van der Waals surface area contributed by atoms with Crippen LogP contribution in [0.3, 0.4) is 0 Å². The highest BCUT2D eigenvalue weighted by molar-refractivity contribution is 6.17. The van der Waals surface area contributed by atoms with Crippen LogP contribution in [0.2, 0.25) is 0 Å². The van der Waals surface area contributed by atoms with Crippen molar-refractivity contribution in [2.24, 2.45) is 12.0 Å². The summed E-state index contributed by atoms with van der Waals surface area (Å²) in [5, 5.41) is 10.8. The molecule has 118 valence electrons. The van der Waals surface area contributed by atoms with Crippen molar-refractivity contribution in [1.82, 2.24) is 19.1 Å². The normalized spacial score (nSPS) is 11.4. The van der Waals surface area contributed by atoms with E-state index in [2.05, 4.69) is 21.9 Å². The van der Waals surface area contributed by atoms with Gasteiger partial charge in [0, 0.05) is 24.5 Å². The molecule has 0 aromatic carbocycles. The van der Waals surface area contributed by atoms with E-state index < -0.39 is 4.92 Å². The molecule has 0 spiro atoms. The Bertz CT molecular complexity index is 691. The van der Waals surface area contributed by atoms with Crippen molar-refractivity contribution < 1.29 is 4.92 Å². The van der Waals surface area contributed by atoms with Gasteiger partial charge in [-0.3, -0.25) is 0 Å². The first-order chi connectivity index (χ1) is 10.6. The van der Waals surface area contributed by atoms with Crippen LogP contribution in [0.1, 0.15) is 24.7 Å². The van der Waals surface area contributed by atoms with E-state index in [0.29, 0.717) is 17.5 Å². The number of hydrogen-bond donors (Lipinski definition) is 0. The van der Waals surface area contributed by atoms with E-state index in [1.54, 1.807) is 13.2 Å². The molecule has 0 radical (unpaired) electrons. The molecule has 0 amide bonds. The van der Waals surface area contributed by atoms with Crippen molar-refractivity contribution in [1.29, 1.82) is 0 Å². The molecule has 9 heteroatoms. The predicted octanol–water partition coefficient (Wildman–Crippen LogP) is 2.47. The van der Waals surface area contributed by atoms with Crippen LogP contribution in [0, 0.1) is 10.1 Å². The molecule has 0 aliphatic rings. The molecule has 0 saturated heterocycles. The van der Waals surface area contributed by atoms with Crippen molar-refractivity contribution in [3.63, 3.8) is 0 Å². The van der Waals surface area contributed by atoms with Gasteiger partial charge >= 0.3 is 5.95 Å². The quantitative estimate of drug-likeness (QED) is 0.338. The molecule has 0 unspecified atom stereocenters. The number of aromatic nitrogens is 4. The lowest BCUT2D eigenvalue weighted by Crippen LogP contribution is -2.03. The van der Waals surface area contributed by atoms with E-state index in [1.165, 1.54) is 17.0 Å². The molecule has 22 heavy (non-hydrogen) atoms. The van der Waals surface area contributed by atoms with Gasteiger partial charge in [-0.05, 0) is 11.3 Å². The van der Waals surface area contributed by atoms with E-state index >= 15 is 0 Å². The summed E-state index contributed by atoms with van der Waals surface area (Å²) in [6.07, 6.45) is 6.37. The van der Waals surface area contributed by atoms with Crippen molar-refractivity contribution in [2.75, 3.05) is 5.88 Å². The fraction of sp³-hybridized carbons (Fsp3) is 0.462. The van der Waals surface area contributed by atoms with Gasteiger partial charge in [-0.15, -0.1) is 11.6 Å². The van der Waals surface area contributed by atoms with E-state index in [1.807, 2.05) is 4.57 Å². The maximum absolute atomic E-state index is 10.8. The van der Waals surface area contributed by atoms with Crippen LogP contribution in [0.15, 0.2) is 17.4 Å².